The molecule has 1 unspecified atom stereocenters. The van der Waals surface area contributed by atoms with E-state index in [0.717, 1.165) is 11.6 Å². The van der Waals surface area contributed by atoms with Gasteiger partial charge in [-0.25, -0.2) is 0 Å². The first-order valence-corrected chi connectivity index (χ1v) is 7.05. The summed E-state index contributed by atoms with van der Waals surface area (Å²) in [5.74, 6) is 0. The SMILES string of the molecule is CC(C)NCC(C)(O)CN(C)Cc1ccc(Cl)cc1. The summed E-state index contributed by atoms with van der Waals surface area (Å²) in [4.78, 5) is 2.12. The van der Waals surface area contributed by atoms with Crippen molar-refractivity contribution in [2.75, 3.05) is 20.1 Å². The lowest BCUT2D eigenvalue weighted by molar-refractivity contribution is 0.0240. The predicted molar refractivity (Wildman–Crippen MR) is 81.5 cm³/mol. The number of nitrogens with one attached hydrogen (secondary N) is 1. The molecule has 19 heavy (non-hydrogen) atoms. The molecule has 0 amide bonds. The van der Waals surface area contributed by atoms with Gasteiger partial charge >= 0.3 is 0 Å². The van der Waals surface area contributed by atoms with E-state index in [2.05, 4.69) is 24.1 Å². The summed E-state index contributed by atoms with van der Waals surface area (Å²) in [5, 5.41) is 14.3. The van der Waals surface area contributed by atoms with Gasteiger partial charge in [0.15, 0.2) is 0 Å². The zero-order valence-corrected chi connectivity index (χ0v) is 13.0. The maximum absolute atomic E-state index is 10.3. The van der Waals surface area contributed by atoms with Crippen molar-refractivity contribution in [2.24, 2.45) is 0 Å². The van der Waals surface area contributed by atoms with E-state index in [0.29, 0.717) is 19.1 Å². The number of aliphatic hydroxyl groups is 1. The minimum Gasteiger partial charge on any atom is -0.388 e. The van der Waals surface area contributed by atoms with Crippen LogP contribution in [0, 0.1) is 0 Å². The van der Waals surface area contributed by atoms with Crippen LogP contribution in [0.25, 0.3) is 0 Å². The van der Waals surface area contributed by atoms with Crippen LogP contribution in [0.2, 0.25) is 5.02 Å². The van der Waals surface area contributed by atoms with Crippen LogP contribution in [0.1, 0.15) is 26.3 Å². The zero-order valence-electron chi connectivity index (χ0n) is 12.3. The normalized spacial score (nSPS) is 14.9. The number of likely N-dealkylation sites (N-methyl/N-ethyl adjacent to an activating group) is 1. The Hall–Kier alpha value is -0.610. The molecule has 0 aromatic heterocycles. The number of halogens is 1. The molecule has 0 bridgehead atoms. The summed E-state index contributed by atoms with van der Waals surface area (Å²) in [6, 6.07) is 8.19. The first-order chi connectivity index (χ1) is 8.78. The molecule has 1 atom stereocenters. The van der Waals surface area contributed by atoms with Crippen molar-refractivity contribution >= 4 is 11.6 Å². The smallest absolute Gasteiger partial charge is 0.0869 e. The van der Waals surface area contributed by atoms with E-state index in [1.54, 1.807) is 0 Å². The molecular formula is C15H25ClN2O. The fourth-order valence-electron chi connectivity index (χ4n) is 2.02. The van der Waals surface area contributed by atoms with E-state index < -0.39 is 5.60 Å². The Balaban J connectivity index is 2.45. The molecule has 0 fully saturated rings. The quantitative estimate of drug-likeness (QED) is 0.808. The minimum absolute atomic E-state index is 0.382. The molecule has 0 heterocycles. The molecule has 0 saturated heterocycles. The average molecular weight is 285 g/mol. The van der Waals surface area contributed by atoms with Crippen molar-refractivity contribution in [2.45, 2.75) is 39.0 Å². The molecule has 3 nitrogen and oxygen atoms in total. The van der Waals surface area contributed by atoms with Crippen LogP contribution < -0.4 is 5.32 Å². The fraction of sp³-hybridized carbons (Fsp3) is 0.600. The number of hydrogen-bond acceptors (Lipinski definition) is 3. The van der Waals surface area contributed by atoms with Crippen LogP contribution in [0.15, 0.2) is 24.3 Å². The lowest BCUT2D eigenvalue weighted by atomic mass is 10.1. The number of rotatable bonds is 7. The van der Waals surface area contributed by atoms with Gasteiger partial charge in [0.25, 0.3) is 0 Å². The van der Waals surface area contributed by atoms with Gasteiger partial charge in [0.2, 0.25) is 0 Å². The Labute approximate surface area is 121 Å². The van der Waals surface area contributed by atoms with E-state index in [9.17, 15) is 5.11 Å². The van der Waals surface area contributed by atoms with E-state index in [1.807, 2.05) is 38.2 Å². The minimum atomic E-state index is -0.731. The van der Waals surface area contributed by atoms with E-state index in [-0.39, 0.29) is 0 Å². The lowest BCUT2D eigenvalue weighted by Crippen LogP contribution is -2.47. The standard InChI is InChI=1S/C15H25ClN2O/c1-12(2)17-10-15(3,19)11-18(4)9-13-5-7-14(16)8-6-13/h5-8,12,17,19H,9-11H2,1-4H3. The van der Waals surface area contributed by atoms with Crippen molar-refractivity contribution < 1.29 is 5.11 Å². The highest BCUT2D eigenvalue weighted by Gasteiger charge is 2.22. The maximum atomic E-state index is 10.3. The molecule has 0 radical (unpaired) electrons. The van der Waals surface area contributed by atoms with Gasteiger partial charge in [0, 0.05) is 30.7 Å². The van der Waals surface area contributed by atoms with Crippen molar-refractivity contribution in [3.63, 3.8) is 0 Å². The number of nitrogens with zero attached hydrogens (tertiary/aromatic N) is 1. The fourth-order valence-corrected chi connectivity index (χ4v) is 2.14. The van der Waals surface area contributed by atoms with Crippen LogP contribution in [-0.4, -0.2) is 41.8 Å². The van der Waals surface area contributed by atoms with Gasteiger partial charge in [-0.2, -0.15) is 0 Å². The molecule has 1 aromatic rings. The molecule has 4 heteroatoms. The molecule has 2 N–H and O–H groups in total. The van der Waals surface area contributed by atoms with Crippen molar-refractivity contribution in [1.82, 2.24) is 10.2 Å². The summed E-state index contributed by atoms with van der Waals surface area (Å²) in [7, 11) is 2.01. The second kappa shape index (κ2) is 7.25. The first kappa shape index (κ1) is 16.4. The van der Waals surface area contributed by atoms with Gasteiger partial charge in [-0.05, 0) is 31.7 Å². The molecule has 0 aliphatic heterocycles. The lowest BCUT2D eigenvalue weighted by Gasteiger charge is -2.30. The second-order valence-electron chi connectivity index (χ2n) is 5.83. The Morgan fingerprint density at radius 3 is 2.42 bits per heavy atom. The summed E-state index contributed by atoms with van der Waals surface area (Å²) in [6.45, 7) is 8.03. The highest BCUT2D eigenvalue weighted by Crippen LogP contribution is 2.12. The Bertz CT molecular complexity index is 376. The van der Waals surface area contributed by atoms with Gasteiger partial charge in [-0.1, -0.05) is 37.6 Å². The third-order valence-electron chi connectivity index (χ3n) is 2.87. The zero-order chi connectivity index (χ0) is 14.5. The van der Waals surface area contributed by atoms with Crippen LogP contribution in [-0.2, 0) is 6.54 Å². The highest BCUT2D eigenvalue weighted by molar-refractivity contribution is 6.30. The van der Waals surface area contributed by atoms with Crippen LogP contribution in [0.3, 0.4) is 0 Å². The largest absolute Gasteiger partial charge is 0.388 e. The van der Waals surface area contributed by atoms with E-state index in [4.69, 9.17) is 11.6 Å². The molecule has 1 rings (SSSR count). The van der Waals surface area contributed by atoms with Crippen molar-refractivity contribution in [1.29, 1.82) is 0 Å². The molecule has 108 valence electrons. The third kappa shape index (κ3) is 6.92. The predicted octanol–water partition coefficient (Wildman–Crippen LogP) is 2.52. The summed E-state index contributed by atoms with van der Waals surface area (Å²) < 4.78 is 0. The Morgan fingerprint density at radius 1 is 1.32 bits per heavy atom. The van der Waals surface area contributed by atoms with E-state index in [1.165, 1.54) is 5.56 Å². The summed E-state index contributed by atoms with van der Waals surface area (Å²) >= 11 is 5.86. The average Bonchev–Trinajstić information content (AvgIpc) is 2.29. The summed E-state index contributed by atoms with van der Waals surface area (Å²) in [6.07, 6.45) is 0. The molecular weight excluding hydrogens is 260 g/mol. The Morgan fingerprint density at radius 2 is 1.89 bits per heavy atom. The summed E-state index contributed by atoms with van der Waals surface area (Å²) in [5.41, 5.74) is 0.463. The van der Waals surface area contributed by atoms with Crippen molar-refractivity contribution in [3.8, 4) is 0 Å². The van der Waals surface area contributed by atoms with Gasteiger partial charge in [-0.15, -0.1) is 0 Å². The molecule has 0 aliphatic rings. The van der Waals surface area contributed by atoms with E-state index >= 15 is 0 Å². The molecule has 0 saturated carbocycles. The second-order valence-corrected chi connectivity index (χ2v) is 6.27. The maximum Gasteiger partial charge on any atom is 0.0869 e. The highest BCUT2D eigenvalue weighted by atomic mass is 35.5. The molecule has 1 aromatic carbocycles. The van der Waals surface area contributed by atoms with Crippen molar-refractivity contribution in [3.05, 3.63) is 34.9 Å². The van der Waals surface area contributed by atoms with Crippen LogP contribution in [0.5, 0.6) is 0 Å². The number of hydrogen-bond donors (Lipinski definition) is 2. The van der Waals surface area contributed by atoms with Gasteiger partial charge < -0.3 is 10.4 Å². The topological polar surface area (TPSA) is 35.5 Å². The molecule has 0 aliphatic carbocycles. The Kier molecular flexibility index (Phi) is 6.27. The monoisotopic (exact) mass is 284 g/mol. The van der Waals surface area contributed by atoms with Crippen LogP contribution in [0.4, 0.5) is 0 Å². The van der Waals surface area contributed by atoms with Gasteiger partial charge in [0.05, 0.1) is 5.60 Å². The van der Waals surface area contributed by atoms with Gasteiger partial charge in [-0.3, -0.25) is 4.90 Å². The third-order valence-corrected chi connectivity index (χ3v) is 3.12. The number of benzene rings is 1. The first-order valence-electron chi connectivity index (χ1n) is 6.67. The van der Waals surface area contributed by atoms with Gasteiger partial charge in [0.1, 0.15) is 0 Å². The molecule has 0 spiro atoms. The van der Waals surface area contributed by atoms with Crippen LogP contribution >= 0.6 is 11.6 Å².